The van der Waals surface area contributed by atoms with Crippen LogP contribution in [0.25, 0.3) is 11.1 Å². The summed E-state index contributed by atoms with van der Waals surface area (Å²) in [6.45, 7) is 0. The summed E-state index contributed by atoms with van der Waals surface area (Å²) in [6, 6.07) is 13.9. The Balaban J connectivity index is 0.00000112. The highest BCUT2D eigenvalue weighted by atomic mass is 35.5. The Morgan fingerprint density at radius 1 is 0.867 bits per heavy atom. The number of hydrogen-bond acceptors (Lipinski definition) is 1. The zero-order valence-electron chi connectivity index (χ0n) is 7.98. The Labute approximate surface area is 94.1 Å². The first-order chi connectivity index (χ1) is 6.75. The first-order valence-electron chi connectivity index (χ1n) is 4.37. The van der Waals surface area contributed by atoms with Gasteiger partial charge < -0.3 is 5.73 Å². The summed E-state index contributed by atoms with van der Waals surface area (Å²) in [6.07, 6.45) is 0. The minimum Gasteiger partial charge on any atom is -0.399 e. The van der Waals surface area contributed by atoms with Gasteiger partial charge in [0.1, 0.15) is 5.82 Å². The van der Waals surface area contributed by atoms with E-state index >= 15 is 0 Å². The zero-order chi connectivity index (χ0) is 9.97. The highest BCUT2D eigenvalue weighted by molar-refractivity contribution is 5.85. The highest BCUT2D eigenvalue weighted by Gasteiger charge is 1.97. The van der Waals surface area contributed by atoms with Gasteiger partial charge in [-0.25, -0.2) is 4.39 Å². The zero-order valence-corrected chi connectivity index (χ0v) is 8.80. The summed E-state index contributed by atoms with van der Waals surface area (Å²) in [5.74, 6) is -0.224. The molecule has 0 saturated heterocycles. The standard InChI is InChI=1S/C12H10FN.ClH/c13-11-6-4-9(5-7-11)10-2-1-3-12(14)8-10;/h1-8H,14H2;1H. The van der Waals surface area contributed by atoms with Gasteiger partial charge in [-0.2, -0.15) is 0 Å². The van der Waals surface area contributed by atoms with Crippen LogP contribution in [-0.2, 0) is 0 Å². The van der Waals surface area contributed by atoms with Crippen molar-refractivity contribution < 1.29 is 4.39 Å². The molecule has 15 heavy (non-hydrogen) atoms. The van der Waals surface area contributed by atoms with Gasteiger partial charge in [-0.3, -0.25) is 0 Å². The van der Waals surface area contributed by atoms with E-state index in [2.05, 4.69) is 0 Å². The molecule has 0 aliphatic heterocycles. The van der Waals surface area contributed by atoms with Crippen LogP contribution < -0.4 is 5.73 Å². The van der Waals surface area contributed by atoms with Gasteiger partial charge in [-0.1, -0.05) is 24.3 Å². The third-order valence-electron chi connectivity index (χ3n) is 2.06. The quantitative estimate of drug-likeness (QED) is 0.736. The summed E-state index contributed by atoms with van der Waals surface area (Å²) in [7, 11) is 0. The van der Waals surface area contributed by atoms with Crippen LogP contribution in [0.4, 0.5) is 10.1 Å². The topological polar surface area (TPSA) is 26.0 Å². The molecule has 0 spiro atoms. The van der Waals surface area contributed by atoms with Crippen molar-refractivity contribution in [2.45, 2.75) is 0 Å². The van der Waals surface area contributed by atoms with Crippen molar-refractivity contribution in [3.63, 3.8) is 0 Å². The summed E-state index contributed by atoms with van der Waals surface area (Å²) in [4.78, 5) is 0. The molecule has 2 rings (SSSR count). The van der Waals surface area contributed by atoms with Crippen LogP contribution in [0.2, 0.25) is 0 Å². The van der Waals surface area contributed by atoms with E-state index in [-0.39, 0.29) is 18.2 Å². The predicted octanol–water partition coefficient (Wildman–Crippen LogP) is 3.50. The minimum atomic E-state index is -0.224. The second-order valence-corrected chi connectivity index (χ2v) is 3.13. The Morgan fingerprint density at radius 2 is 1.53 bits per heavy atom. The number of hydrogen-bond donors (Lipinski definition) is 1. The molecule has 0 aliphatic carbocycles. The van der Waals surface area contributed by atoms with Gasteiger partial charge in [-0.15, -0.1) is 12.4 Å². The summed E-state index contributed by atoms with van der Waals surface area (Å²) in [5.41, 5.74) is 8.34. The van der Waals surface area contributed by atoms with Crippen molar-refractivity contribution in [3.8, 4) is 11.1 Å². The lowest BCUT2D eigenvalue weighted by atomic mass is 10.1. The lowest BCUT2D eigenvalue weighted by molar-refractivity contribution is 0.628. The van der Waals surface area contributed by atoms with Crippen molar-refractivity contribution in [3.05, 3.63) is 54.3 Å². The molecular weight excluding hydrogens is 213 g/mol. The van der Waals surface area contributed by atoms with Crippen LogP contribution >= 0.6 is 12.4 Å². The van der Waals surface area contributed by atoms with E-state index in [9.17, 15) is 4.39 Å². The second-order valence-electron chi connectivity index (χ2n) is 3.13. The maximum absolute atomic E-state index is 12.7. The van der Waals surface area contributed by atoms with Gasteiger partial charge in [0.25, 0.3) is 0 Å². The summed E-state index contributed by atoms with van der Waals surface area (Å²) < 4.78 is 12.7. The van der Waals surface area contributed by atoms with E-state index in [4.69, 9.17) is 5.73 Å². The number of nitrogen functional groups attached to an aromatic ring is 1. The van der Waals surface area contributed by atoms with Crippen LogP contribution in [0.1, 0.15) is 0 Å². The third-order valence-corrected chi connectivity index (χ3v) is 2.06. The first-order valence-corrected chi connectivity index (χ1v) is 4.37. The van der Waals surface area contributed by atoms with Crippen molar-refractivity contribution in [2.75, 3.05) is 5.73 Å². The lowest BCUT2D eigenvalue weighted by Crippen LogP contribution is -1.85. The van der Waals surface area contributed by atoms with Crippen LogP contribution in [0.15, 0.2) is 48.5 Å². The third kappa shape index (κ3) is 2.70. The van der Waals surface area contributed by atoms with E-state index in [1.165, 1.54) is 12.1 Å². The van der Waals surface area contributed by atoms with Crippen molar-refractivity contribution in [1.29, 1.82) is 0 Å². The Morgan fingerprint density at radius 3 is 2.13 bits per heavy atom. The minimum absolute atomic E-state index is 0. The van der Waals surface area contributed by atoms with Crippen molar-refractivity contribution in [1.82, 2.24) is 0 Å². The smallest absolute Gasteiger partial charge is 0.123 e. The predicted molar refractivity (Wildman–Crippen MR) is 63.5 cm³/mol. The van der Waals surface area contributed by atoms with Crippen molar-refractivity contribution in [2.24, 2.45) is 0 Å². The Hall–Kier alpha value is -1.54. The lowest BCUT2D eigenvalue weighted by Gasteiger charge is -2.02. The molecule has 3 heteroatoms. The second kappa shape index (κ2) is 4.80. The molecule has 0 aromatic heterocycles. The van der Waals surface area contributed by atoms with Crippen LogP contribution in [0, 0.1) is 5.82 Å². The molecule has 0 amide bonds. The maximum atomic E-state index is 12.7. The van der Waals surface area contributed by atoms with E-state index in [0.29, 0.717) is 5.69 Å². The maximum Gasteiger partial charge on any atom is 0.123 e. The monoisotopic (exact) mass is 223 g/mol. The molecule has 0 radical (unpaired) electrons. The number of benzene rings is 2. The van der Waals surface area contributed by atoms with Crippen molar-refractivity contribution >= 4 is 18.1 Å². The molecule has 2 aromatic rings. The Bertz CT molecular complexity index is 440. The average molecular weight is 224 g/mol. The molecule has 0 heterocycles. The van der Waals surface area contributed by atoms with Gasteiger partial charge in [-0.05, 0) is 35.4 Å². The fourth-order valence-electron chi connectivity index (χ4n) is 1.36. The molecule has 0 bridgehead atoms. The van der Waals surface area contributed by atoms with Crippen LogP contribution in [0.5, 0.6) is 0 Å². The number of nitrogens with two attached hydrogens (primary N) is 1. The van der Waals surface area contributed by atoms with E-state index in [1.54, 1.807) is 12.1 Å². The average Bonchev–Trinajstić information content (AvgIpc) is 2.19. The first kappa shape index (κ1) is 11.5. The fraction of sp³-hybridized carbons (Fsp3) is 0. The number of anilines is 1. The molecule has 0 aliphatic rings. The van der Waals surface area contributed by atoms with Gasteiger partial charge in [0.2, 0.25) is 0 Å². The summed E-state index contributed by atoms with van der Waals surface area (Å²) >= 11 is 0. The molecule has 0 fully saturated rings. The molecular formula is C12H11ClFN. The van der Waals surface area contributed by atoms with E-state index in [0.717, 1.165) is 11.1 Å². The molecule has 1 nitrogen and oxygen atoms in total. The highest BCUT2D eigenvalue weighted by Crippen LogP contribution is 2.21. The van der Waals surface area contributed by atoms with Gasteiger partial charge in [0.05, 0.1) is 0 Å². The molecule has 0 saturated carbocycles. The molecule has 78 valence electrons. The SMILES string of the molecule is Cl.Nc1cccc(-c2ccc(F)cc2)c1. The molecule has 0 atom stereocenters. The molecule has 0 unspecified atom stereocenters. The van der Waals surface area contributed by atoms with Gasteiger partial charge in [0, 0.05) is 5.69 Å². The Kier molecular flexibility index (Phi) is 3.69. The fourth-order valence-corrected chi connectivity index (χ4v) is 1.36. The van der Waals surface area contributed by atoms with E-state index < -0.39 is 0 Å². The number of halogens is 2. The van der Waals surface area contributed by atoms with Crippen LogP contribution in [0.3, 0.4) is 0 Å². The molecule has 2 aromatic carbocycles. The molecule has 2 N–H and O–H groups in total. The van der Waals surface area contributed by atoms with Crippen LogP contribution in [-0.4, -0.2) is 0 Å². The largest absolute Gasteiger partial charge is 0.399 e. The summed E-state index contributed by atoms with van der Waals surface area (Å²) in [5, 5.41) is 0. The number of rotatable bonds is 1. The van der Waals surface area contributed by atoms with Gasteiger partial charge >= 0.3 is 0 Å². The van der Waals surface area contributed by atoms with Gasteiger partial charge in [0.15, 0.2) is 0 Å². The normalized spacial score (nSPS) is 9.40. The van der Waals surface area contributed by atoms with E-state index in [1.807, 2.05) is 24.3 Å².